The van der Waals surface area contributed by atoms with Gasteiger partial charge < -0.3 is 15.4 Å². The van der Waals surface area contributed by atoms with Crippen LogP contribution in [0, 0.1) is 0 Å². The molecule has 24 heavy (non-hydrogen) atoms. The van der Waals surface area contributed by atoms with Crippen LogP contribution in [0.15, 0.2) is 36.7 Å². The number of aromatic nitrogens is 2. The molecule has 0 radical (unpaired) electrons. The second-order valence-electron chi connectivity index (χ2n) is 6.48. The Kier molecular flexibility index (Phi) is 5.73. The van der Waals surface area contributed by atoms with E-state index >= 15 is 0 Å². The number of hydrogen-bond donors (Lipinski definition) is 2. The lowest BCUT2D eigenvalue weighted by Gasteiger charge is -2.19. The van der Waals surface area contributed by atoms with Gasteiger partial charge in [-0.3, -0.25) is 4.79 Å². The molecule has 1 aromatic carbocycles. The Hall–Kier alpha value is -2.63. The zero-order valence-corrected chi connectivity index (χ0v) is 14.6. The minimum Gasteiger partial charge on any atom is -0.496 e. The zero-order valence-electron chi connectivity index (χ0n) is 14.6. The number of benzene rings is 1. The van der Waals surface area contributed by atoms with E-state index in [2.05, 4.69) is 20.6 Å². The van der Waals surface area contributed by atoms with Crippen molar-refractivity contribution in [2.75, 3.05) is 19.0 Å². The van der Waals surface area contributed by atoms with Gasteiger partial charge in [-0.15, -0.1) is 0 Å². The molecule has 0 saturated carbocycles. The molecule has 0 saturated heterocycles. The van der Waals surface area contributed by atoms with Crippen LogP contribution >= 0.6 is 0 Å². The number of nitrogens with zero attached hydrogens (tertiary/aromatic N) is 2. The Morgan fingerprint density at radius 3 is 2.54 bits per heavy atom. The highest BCUT2D eigenvalue weighted by atomic mass is 16.5. The third-order valence-electron chi connectivity index (χ3n) is 3.27. The van der Waals surface area contributed by atoms with E-state index in [9.17, 15) is 4.79 Å². The molecule has 6 nitrogen and oxygen atoms in total. The van der Waals surface area contributed by atoms with E-state index in [4.69, 9.17) is 4.74 Å². The highest BCUT2D eigenvalue weighted by Gasteiger charge is 2.16. The van der Waals surface area contributed by atoms with Crippen LogP contribution in [0.4, 0.5) is 5.82 Å². The molecule has 6 heteroatoms. The first-order valence-corrected chi connectivity index (χ1v) is 7.89. The minimum absolute atomic E-state index is 0.226. The van der Waals surface area contributed by atoms with Gasteiger partial charge in [-0.05, 0) is 38.8 Å². The van der Waals surface area contributed by atoms with Gasteiger partial charge in [0.25, 0.3) is 5.91 Å². The van der Waals surface area contributed by atoms with Crippen molar-refractivity contribution < 1.29 is 9.53 Å². The first kappa shape index (κ1) is 17.7. The van der Waals surface area contributed by atoms with Gasteiger partial charge in [0.1, 0.15) is 17.3 Å². The molecule has 0 bridgehead atoms. The van der Waals surface area contributed by atoms with Crippen molar-refractivity contribution >= 4 is 11.7 Å². The first-order chi connectivity index (χ1) is 11.4. The lowest BCUT2D eigenvalue weighted by Crippen LogP contribution is -2.41. The summed E-state index contributed by atoms with van der Waals surface area (Å²) >= 11 is 0. The highest BCUT2D eigenvalue weighted by molar-refractivity contribution is 5.92. The van der Waals surface area contributed by atoms with Crippen LogP contribution in [0.1, 0.15) is 36.8 Å². The molecule has 1 amide bonds. The molecular weight excluding hydrogens is 304 g/mol. The van der Waals surface area contributed by atoms with Crippen LogP contribution in [-0.2, 0) is 6.42 Å². The maximum Gasteiger partial charge on any atom is 0.271 e. The number of rotatable bonds is 6. The number of para-hydroxylation sites is 1. The number of carbonyl (C=O) groups is 1. The summed E-state index contributed by atoms with van der Waals surface area (Å²) in [6.07, 6.45) is 3.85. The van der Waals surface area contributed by atoms with E-state index in [1.165, 1.54) is 6.20 Å². The molecule has 0 aliphatic carbocycles. The maximum absolute atomic E-state index is 12.0. The largest absolute Gasteiger partial charge is 0.496 e. The summed E-state index contributed by atoms with van der Waals surface area (Å²) < 4.78 is 5.33. The first-order valence-electron chi connectivity index (χ1n) is 7.89. The molecule has 0 aliphatic rings. The molecule has 2 N–H and O–H groups in total. The summed E-state index contributed by atoms with van der Waals surface area (Å²) in [4.78, 5) is 20.4. The van der Waals surface area contributed by atoms with Gasteiger partial charge in [-0.1, -0.05) is 18.2 Å². The van der Waals surface area contributed by atoms with Gasteiger partial charge in [0.05, 0.1) is 19.5 Å². The Balaban J connectivity index is 1.89. The summed E-state index contributed by atoms with van der Waals surface area (Å²) in [6, 6.07) is 7.91. The van der Waals surface area contributed by atoms with Crippen molar-refractivity contribution in [1.29, 1.82) is 0 Å². The van der Waals surface area contributed by atoms with Crippen LogP contribution in [0.2, 0.25) is 0 Å². The molecule has 2 rings (SSSR count). The Morgan fingerprint density at radius 2 is 1.92 bits per heavy atom. The van der Waals surface area contributed by atoms with E-state index in [0.717, 1.165) is 17.7 Å². The number of carbonyl (C=O) groups excluding carboxylic acids is 1. The van der Waals surface area contributed by atoms with Crippen molar-refractivity contribution in [2.24, 2.45) is 0 Å². The fourth-order valence-electron chi connectivity index (χ4n) is 2.18. The fraction of sp³-hybridized carbons (Fsp3) is 0.389. The average Bonchev–Trinajstić information content (AvgIpc) is 2.54. The molecule has 2 aromatic rings. The van der Waals surface area contributed by atoms with Crippen LogP contribution in [0.25, 0.3) is 0 Å². The quantitative estimate of drug-likeness (QED) is 0.852. The molecule has 1 heterocycles. The number of methoxy groups -OCH3 is 1. The van der Waals surface area contributed by atoms with Gasteiger partial charge in [0, 0.05) is 12.1 Å². The Labute approximate surface area is 142 Å². The molecule has 0 atom stereocenters. The maximum atomic E-state index is 12.0. The normalized spacial score (nSPS) is 11.0. The molecule has 0 spiro atoms. The van der Waals surface area contributed by atoms with Crippen molar-refractivity contribution in [3.05, 3.63) is 47.9 Å². The molecule has 0 unspecified atom stereocenters. The number of hydrogen-bond acceptors (Lipinski definition) is 5. The van der Waals surface area contributed by atoms with E-state index < -0.39 is 0 Å². The summed E-state index contributed by atoms with van der Waals surface area (Å²) in [5.74, 6) is 1.28. The van der Waals surface area contributed by atoms with Gasteiger partial charge in [-0.25, -0.2) is 9.97 Å². The van der Waals surface area contributed by atoms with Crippen LogP contribution in [-0.4, -0.2) is 35.1 Å². The number of ether oxygens (including phenoxy) is 1. The van der Waals surface area contributed by atoms with E-state index in [-0.39, 0.29) is 11.4 Å². The number of anilines is 1. The van der Waals surface area contributed by atoms with Gasteiger partial charge in [0.2, 0.25) is 0 Å². The monoisotopic (exact) mass is 328 g/mol. The Morgan fingerprint density at radius 1 is 1.17 bits per heavy atom. The molecule has 0 fully saturated rings. The number of nitrogens with one attached hydrogen (secondary N) is 2. The summed E-state index contributed by atoms with van der Waals surface area (Å²) in [5.41, 5.74) is 1.13. The topological polar surface area (TPSA) is 76.1 Å². The molecule has 0 aliphatic heterocycles. The lowest BCUT2D eigenvalue weighted by molar-refractivity contribution is 0.0914. The third-order valence-corrected chi connectivity index (χ3v) is 3.27. The standard InChI is InChI=1S/C18H24N4O2/c1-18(2,3)22-17(23)14-11-21-16(12-20-14)19-10-9-13-7-5-6-8-15(13)24-4/h5-8,11-12H,9-10H2,1-4H3,(H,19,21)(H,22,23). The van der Waals surface area contributed by atoms with E-state index in [0.29, 0.717) is 18.1 Å². The minimum atomic E-state index is -0.301. The fourth-order valence-corrected chi connectivity index (χ4v) is 2.18. The third kappa shape index (κ3) is 5.22. The number of amides is 1. The zero-order chi connectivity index (χ0) is 17.6. The van der Waals surface area contributed by atoms with Crippen molar-refractivity contribution in [2.45, 2.75) is 32.7 Å². The highest BCUT2D eigenvalue weighted by Crippen LogP contribution is 2.17. The van der Waals surface area contributed by atoms with Crippen molar-refractivity contribution in [1.82, 2.24) is 15.3 Å². The van der Waals surface area contributed by atoms with Crippen LogP contribution in [0.5, 0.6) is 5.75 Å². The Bertz CT molecular complexity index is 678. The molecule has 1 aromatic heterocycles. The predicted octanol–water partition coefficient (Wildman–Crippen LogP) is 2.67. The summed E-state index contributed by atoms with van der Waals surface area (Å²) in [5, 5.41) is 6.05. The summed E-state index contributed by atoms with van der Waals surface area (Å²) in [6.45, 7) is 6.47. The average molecular weight is 328 g/mol. The van der Waals surface area contributed by atoms with Gasteiger partial charge in [-0.2, -0.15) is 0 Å². The predicted molar refractivity (Wildman–Crippen MR) is 94.4 cm³/mol. The summed E-state index contributed by atoms with van der Waals surface area (Å²) in [7, 11) is 1.67. The molecular formula is C18H24N4O2. The van der Waals surface area contributed by atoms with E-state index in [1.54, 1.807) is 13.3 Å². The van der Waals surface area contributed by atoms with Gasteiger partial charge >= 0.3 is 0 Å². The van der Waals surface area contributed by atoms with Crippen molar-refractivity contribution in [3.63, 3.8) is 0 Å². The van der Waals surface area contributed by atoms with Crippen molar-refractivity contribution in [3.8, 4) is 5.75 Å². The second kappa shape index (κ2) is 7.77. The molecule has 128 valence electrons. The lowest BCUT2D eigenvalue weighted by atomic mass is 10.1. The van der Waals surface area contributed by atoms with Crippen LogP contribution in [0.3, 0.4) is 0 Å². The smallest absolute Gasteiger partial charge is 0.271 e. The van der Waals surface area contributed by atoms with Gasteiger partial charge in [0.15, 0.2) is 0 Å². The van der Waals surface area contributed by atoms with Crippen LogP contribution < -0.4 is 15.4 Å². The van der Waals surface area contributed by atoms with E-state index in [1.807, 2.05) is 45.0 Å². The second-order valence-corrected chi connectivity index (χ2v) is 6.48. The SMILES string of the molecule is COc1ccccc1CCNc1cnc(C(=O)NC(C)(C)C)cn1.